The summed E-state index contributed by atoms with van der Waals surface area (Å²) in [6.45, 7) is 0.625. The van der Waals surface area contributed by atoms with Gasteiger partial charge in [-0.25, -0.2) is 4.99 Å². The molecule has 1 heterocycles. The van der Waals surface area contributed by atoms with Crippen LogP contribution in [0.2, 0.25) is 0 Å². The van der Waals surface area contributed by atoms with E-state index in [0.29, 0.717) is 47.5 Å². The van der Waals surface area contributed by atoms with Gasteiger partial charge < -0.3 is 34.1 Å². The fourth-order valence-electron chi connectivity index (χ4n) is 6.31. The molecule has 9 heteroatoms. The number of nitrogens with zero attached hydrogens (tertiary/aromatic N) is 1. The van der Waals surface area contributed by atoms with Gasteiger partial charge in [-0.15, -0.1) is 0 Å². The molecule has 0 aliphatic carbocycles. The van der Waals surface area contributed by atoms with Gasteiger partial charge in [-0.3, -0.25) is 4.79 Å². The van der Waals surface area contributed by atoms with E-state index in [9.17, 15) is 4.79 Å². The molecule has 0 spiro atoms. The van der Waals surface area contributed by atoms with Crippen LogP contribution >= 0.6 is 0 Å². The third kappa shape index (κ3) is 8.54. The number of benzene rings is 5. The van der Waals surface area contributed by atoms with E-state index in [1.54, 1.807) is 21.3 Å². The van der Waals surface area contributed by atoms with Crippen LogP contribution in [0.15, 0.2) is 132 Å². The summed E-state index contributed by atoms with van der Waals surface area (Å²) in [4.78, 5) is 20.0. The van der Waals surface area contributed by atoms with Crippen molar-refractivity contribution in [2.75, 3.05) is 34.5 Å². The summed E-state index contributed by atoms with van der Waals surface area (Å²) in [5, 5.41) is 12.3. The van der Waals surface area contributed by atoms with Crippen molar-refractivity contribution >= 4 is 17.9 Å². The molecule has 1 amide bonds. The van der Waals surface area contributed by atoms with Gasteiger partial charge >= 0.3 is 0 Å². The van der Waals surface area contributed by atoms with Crippen LogP contribution < -0.4 is 24.3 Å². The van der Waals surface area contributed by atoms with Crippen LogP contribution in [-0.4, -0.2) is 57.0 Å². The van der Waals surface area contributed by atoms with Gasteiger partial charge in [0.1, 0.15) is 5.75 Å². The minimum atomic E-state index is -1.38. The maximum absolute atomic E-state index is 14.8. The van der Waals surface area contributed by atoms with Crippen LogP contribution in [0.4, 0.5) is 0 Å². The molecule has 0 fully saturated rings. The third-order valence-corrected chi connectivity index (χ3v) is 9.07. The number of hydrogen-bond acceptors (Lipinski definition) is 8. The average Bonchev–Trinajstić information content (AvgIpc) is 3.61. The van der Waals surface area contributed by atoms with Crippen LogP contribution in [-0.2, 0) is 16.1 Å². The summed E-state index contributed by atoms with van der Waals surface area (Å²) in [6, 6.07) is 39.2. The summed E-state index contributed by atoms with van der Waals surface area (Å²) in [5.74, 6) is 2.14. The molecule has 2 atom stereocenters. The van der Waals surface area contributed by atoms with E-state index in [4.69, 9.17) is 33.8 Å². The Hall–Kier alpha value is -6.06. The third-order valence-electron chi connectivity index (χ3n) is 9.07. The lowest BCUT2D eigenvalue weighted by atomic mass is 9.83. The van der Waals surface area contributed by atoms with Gasteiger partial charge in [0, 0.05) is 31.6 Å². The molecular formula is C44H44N2O7. The molecule has 0 unspecified atom stereocenters. The molecule has 5 aromatic rings. The number of hydrogen-bond donors (Lipinski definition) is 2. The van der Waals surface area contributed by atoms with Gasteiger partial charge in [0.15, 0.2) is 23.1 Å². The first-order chi connectivity index (χ1) is 26.0. The molecule has 0 radical (unpaired) electrons. The number of ether oxygens (including phenoxy) is 5. The van der Waals surface area contributed by atoms with Crippen molar-refractivity contribution in [3.05, 3.63) is 150 Å². The van der Waals surface area contributed by atoms with Gasteiger partial charge in [-0.05, 0) is 64.2 Å². The summed E-state index contributed by atoms with van der Waals surface area (Å²) >= 11 is 0. The molecule has 53 heavy (non-hydrogen) atoms. The van der Waals surface area contributed by atoms with E-state index < -0.39 is 11.6 Å². The van der Waals surface area contributed by atoms with Crippen LogP contribution in [0.25, 0.3) is 17.2 Å². The molecule has 272 valence electrons. The predicted octanol–water partition coefficient (Wildman–Crippen LogP) is 7.82. The maximum atomic E-state index is 14.8. The minimum Gasteiger partial charge on any atom is -0.494 e. The Kier molecular flexibility index (Phi) is 12.1. The van der Waals surface area contributed by atoms with Gasteiger partial charge in [-0.1, -0.05) is 97.1 Å². The standard InChI is InChI=1S/C44H44N2O7/c1-49-38-28-32(29-39(50-2)40(38)51-3)30-45-43(48)44(25-10-14-31-12-6-4-7-13-31)41(35-19-17-34(18-20-35)33-15-8-5-9-16-33)53-42(46-44)36-21-23-37(24-22-36)52-27-11-26-47/h4-10,12-24,28-29,41,47H,11,25-27,30H2,1-3H3,(H,45,48)/b14-10+/t41-,44-/m1/s1. The predicted molar refractivity (Wildman–Crippen MR) is 207 cm³/mol. The number of nitrogens with one attached hydrogen (secondary N) is 1. The normalized spacial score (nSPS) is 16.5. The average molecular weight is 713 g/mol. The molecule has 2 N–H and O–H groups in total. The molecule has 0 bridgehead atoms. The Balaban J connectivity index is 1.40. The van der Waals surface area contributed by atoms with E-state index in [0.717, 1.165) is 27.8 Å². The van der Waals surface area contributed by atoms with Crippen LogP contribution in [0, 0.1) is 0 Å². The molecule has 1 aliphatic heterocycles. The summed E-state index contributed by atoms with van der Waals surface area (Å²) in [7, 11) is 4.66. The van der Waals surface area contributed by atoms with Crippen molar-refractivity contribution in [3.8, 4) is 34.1 Å². The molecule has 5 aromatic carbocycles. The number of aliphatic hydroxyl groups excluding tert-OH is 1. The number of carbonyl (C=O) groups is 1. The van der Waals surface area contributed by atoms with E-state index in [1.807, 2.05) is 121 Å². The lowest BCUT2D eigenvalue weighted by Crippen LogP contribution is -2.47. The zero-order chi connectivity index (χ0) is 37.0. The SMILES string of the molecule is COc1cc(CNC(=O)[C@]2(C/C=C/c3ccccc3)N=C(c3ccc(OCCCO)cc3)O[C@@H]2c2ccc(-c3ccccc3)cc2)cc(OC)c1OC. The van der Waals surface area contributed by atoms with Crippen LogP contribution in [0.5, 0.6) is 23.0 Å². The second-order valence-corrected chi connectivity index (χ2v) is 12.5. The Morgan fingerprint density at radius 2 is 1.43 bits per heavy atom. The Bertz CT molecular complexity index is 1990. The lowest BCUT2D eigenvalue weighted by Gasteiger charge is -2.30. The van der Waals surface area contributed by atoms with Gasteiger partial charge in [0.2, 0.25) is 11.6 Å². The van der Waals surface area contributed by atoms with Crippen molar-refractivity contribution in [1.29, 1.82) is 0 Å². The first kappa shape index (κ1) is 36.7. The smallest absolute Gasteiger partial charge is 0.252 e. The summed E-state index contributed by atoms with van der Waals surface area (Å²) < 4.78 is 29.1. The maximum Gasteiger partial charge on any atom is 0.252 e. The highest BCUT2D eigenvalue weighted by Crippen LogP contribution is 2.44. The first-order valence-electron chi connectivity index (χ1n) is 17.5. The molecular weight excluding hydrogens is 668 g/mol. The highest BCUT2D eigenvalue weighted by Gasteiger charge is 2.52. The number of carbonyl (C=O) groups excluding carboxylic acids is 1. The Labute approximate surface area is 310 Å². The summed E-state index contributed by atoms with van der Waals surface area (Å²) in [6.07, 6.45) is 4.00. The van der Waals surface area contributed by atoms with Crippen molar-refractivity contribution in [1.82, 2.24) is 5.32 Å². The number of aliphatic hydroxyl groups is 1. The van der Waals surface area contributed by atoms with Crippen LogP contribution in [0.3, 0.4) is 0 Å². The fraction of sp³-hybridized carbons (Fsp3) is 0.227. The Morgan fingerprint density at radius 1 is 0.811 bits per heavy atom. The van der Waals surface area contributed by atoms with E-state index in [-0.39, 0.29) is 25.5 Å². The second-order valence-electron chi connectivity index (χ2n) is 12.5. The van der Waals surface area contributed by atoms with Crippen LogP contribution in [0.1, 0.15) is 41.2 Å². The fourth-order valence-corrected chi connectivity index (χ4v) is 6.31. The number of methoxy groups -OCH3 is 3. The quantitative estimate of drug-likeness (QED) is 0.101. The zero-order valence-corrected chi connectivity index (χ0v) is 30.2. The van der Waals surface area contributed by atoms with Crippen molar-refractivity contribution in [2.45, 2.75) is 31.0 Å². The van der Waals surface area contributed by atoms with Crippen molar-refractivity contribution in [2.24, 2.45) is 4.99 Å². The van der Waals surface area contributed by atoms with Gasteiger partial charge in [0.05, 0.1) is 27.9 Å². The minimum absolute atomic E-state index is 0.0544. The Morgan fingerprint density at radius 3 is 2.06 bits per heavy atom. The highest BCUT2D eigenvalue weighted by molar-refractivity contribution is 6.01. The summed E-state index contributed by atoms with van der Waals surface area (Å²) in [5.41, 5.74) is 4.03. The largest absolute Gasteiger partial charge is 0.494 e. The number of amides is 1. The van der Waals surface area contributed by atoms with Gasteiger partial charge in [-0.2, -0.15) is 0 Å². The number of aliphatic imine (C=N–C) groups is 1. The monoisotopic (exact) mass is 712 g/mol. The molecule has 9 nitrogen and oxygen atoms in total. The van der Waals surface area contributed by atoms with E-state index in [1.165, 1.54) is 0 Å². The molecule has 0 aromatic heterocycles. The van der Waals surface area contributed by atoms with E-state index in [2.05, 4.69) is 17.4 Å². The van der Waals surface area contributed by atoms with Crippen molar-refractivity contribution in [3.63, 3.8) is 0 Å². The van der Waals surface area contributed by atoms with Crippen molar-refractivity contribution < 1.29 is 33.6 Å². The zero-order valence-electron chi connectivity index (χ0n) is 30.2. The molecule has 0 saturated carbocycles. The molecule has 0 saturated heterocycles. The number of rotatable bonds is 16. The second kappa shape index (κ2) is 17.4. The van der Waals surface area contributed by atoms with Gasteiger partial charge in [0.25, 0.3) is 5.91 Å². The topological polar surface area (TPSA) is 108 Å². The van der Waals surface area contributed by atoms with E-state index >= 15 is 0 Å². The lowest BCUT2D eigenvalue weighted by molar-refractivity contribution is -0.129. The molecule has 1 aliphatic rings. The molecule has 6 rings (SSSR count). The first-order valence-corrected chi connectivity index (χ1v) is 17.5. The highest BCUT2D eigenvalue weighted by atomic mass is 16.5.